The Morgan fingerprint density at radius 1 is 1.24 bits per heavy atom. The molecule has 8 heteroatoms. The van der Waals surface area contributed by atoms with Crippen LogP contribution < -0.4 is 10.2 Å². The number of aliphatic hydroxyl groups excluding tert-OH is 1. The molecule has 0 unspecified atom stereocenters. The van der Waals surface area contributed by atoms with Gasteiger partial charge in [0.15, 0.2) is 0 Å². The molecule has 0 bridgehead atoms. The van der Waals surface area contributed by atoms with Crippen LogP contribution in [0.2, 0.25) is 0 Å². The second-order valence-corrected chi connectivity index (χ2v) is 12.2. The van der Waals surface area contributed by atoms with E-state index in [9.17, 15) is 9.90 Å². The number of fused-ring (bicyclic) bond motifs is 1. The molecule has 4 heterocycles. The van der Waals surface area contributed by atoms with Crippen LogP contribution in [0.3, 0.4) is 0 Å². The minimum Gasteiger partial charge on any atom is -0.390 e. The highest BCUT2D eigenvalue weighted by atomic mass is 16.5. The number of anilines is 1. The Bertz CT molecular complexity index is 928. The first-order valence-corrected chi connectivity index (χ1v) is 14.4. The number of unbranched alkanes of at least 4 members (excludes halogenated alkanes) is 1. The number of carbonyl (C=O) groups is 1. The van der Waals surface area contributed by atoms with E-state index >= 15 is 0 Å². The highest BCUT2D eigenvalue weighted by Gasteiger charge is 2.41. The van der Waals surface area contributed by atoms with E-state index in [-0.39, 0.29) is 17.9 Å². The number of morpholine rings is 1. The number of aryl methyl sites for hydroxylation is 1. The fraction of sp³-hybridized carbons (Fsp3) is 0.793. The van der Waals surface area contributed by atoms with Gasteiger partial charge in [-0.05, 0) is 51.7 Å². The quantitative estimate of drug-likeness (QED) is 0.523. The molecule has 208 valence electrons. The van der Waals surface area contributed by atoms with E-state index in [2.05, 4.69) is 62.7 Å². The predicted molar refractivity (Wildman–Crippen MR) is 148 cm³/mol. The van der Waals surface area contributed by atoms with Gasteiger partial charge in [-0.3, -0.25) is 19.6 Å². The zero-order valence-electron chi connectivity index (χ0n) is 23.9. The van der Waals surface area contributed by atoms with Crippen LogP contribution in [0, 0.1) is 0 Å². The average molecular weight is 516 g/mol. The third-order valence-corrected chi connectivity index (χ3v) is 8.54. The van der Waals surface area contributed by atoms with Crippen molar-refractivity contribution in [1.29, 1.82) is 0 Å². The van der Waals surface area contributed by atoms with Crippen molar-refractivity contribution >= 4 is 11.6 Å². The molecule has 0 aliphatic carbocycles. The molecule has 0 spiro atoms. The summed E-state index contributed by atoms with van der Waals surface area (Å²) in [5.41, 5.74) is 3.47. The summed E-state index contributed by atoms with van der Waals surface area (Å²) in [6, 6.07) is 3.68. The van der Waals surface area contributed by atoms with Crippen LogP contribution in [0.25, 0.3) is 0 Å². The molecular formula is C29H49N5O3. The van der Waals surface area contributed by atoms with Gasteiger partial charge in [0.25, 0.3) is 0 Å². The van der Waals surface area contributed by atoms with Crippen LogP contribution in [0.15, 0.2) is 6.07 Å². The molecule has 3 aliphatic rings. The topological polar surface area (TPSA) is 81.2 Å². The average Bonchev–Trinajstić information content (AvgIpc) is 3.12. The number of hydrogen-bond donors (Lipinski definition) is 2. The van der Waals surface area contributed by atoms with Crippen molar-refractivity contribution < 1.29 is 14.6 Å². The van der Waals surface area contributed by atoms with E-state index in [1.165, 1.54) is 0 Å². The second kappa shape index (κ2) is 12.1. The van der Waals surface area contributed by atoms with E-state index < -0.39 is 0 Å². The molecule has 37 heavy (non-hydrogen) atoms. The molecule has 0 aromatic carbocycles. The number of pyridine rings is 1. The van der Waals surface area contributed by atoms with E-state index in [1.807, 2.05) is 4.90 Å². The molecular weight excluding hydrogens is 466 g/mol. The summed E-state index contributed by atoms with van der Waals surface area (Å²) in [6.07, 6.45) is 4.05. The largest absolute Gasteiger partial charge is 0.390 e. The Balaban J connectivity index is 1.49. The van der Waals surface area contributed by atoms with Gasteiger partial charge >= 0.3 is 0 Å². The van der Waals surface area contributed by atoms with Crippen molar-refractivity contribution in [2.45, 2.75) is 103 Å². The standard InChI is InChI=1S/C29H49N5O3/c1-7-8-9-23-12-26-28(31-25(23)16-35)29(5,6)19-34(26)27(36)15-32-14-20(2)30-13-24(32)10-11-33-21(3)17-37-18-22(33)4/h12,20-22,24,30,35H,7-11,13-19H2,1-6H3/t20-,21-,22-,24+/m1/s1. The second-order valence-electron chi connectivity index (χ2n) is 12.2. The van der Waals surface area contributed by atoms with Crippen LogP contribution in [-0.4, -0.2) is 95.9 Å². The maximum atomic E-state index is 13.9. The third-order valence-electron chi connectivity index (χ3n) is 8.54. The smallest absolute Gasteiger partial charge is 0.241 e. The van der Waals surface area contributed by atoms with Crippen LogP contribution in [0.5, 0.6) is 0 Å². The number of nitrogens with one attached hydrogen (secondary N) is 1. The highest BCUT2D eigenvalue weighted by Crippen LogP contribution is 2.40. The fourth-order valence-corrected chi connectivity index (χ4v) is 6.33. The minimum absolute atomic E-state index is 0.0585. The molecule has 2 N–H and O–H groups in total. The summed E-state index contributed by atoms with van der Waals surface area (Å²) < 4.78 is 5.72. The van der Waals surface area contributed by atoms with Gasteiger partial charge < -0.3 is 20.1 Å². The first-order chi connectivity index (χ1) is 17.6. The third kappa shape index (κ3) is 6.36. The summed E-state index contributed by atoms with van der Waals surface area (Å²) in [7, 11) is 0. The molecule has 1 aromatic heterocycles. The van der Waals surface area contributed by atoms with Gasteiger partial charge in [-0.25, -0.2) is 0 Å². The number of carbonyl (C=O) groups excluding carboxylic acids is 1. The Labute approximate surface area is 223 Å². The minimum atomic E-state index is -0.239. The van der Waals surface area contributed by atoms with E-state index in [0.29, 0.717) is 37.3 Å². The maximum Gasteiger partial charge on any atom is 0.241 e. The highest BCUT2D eigenvalue weighted by molar-refractivity contribution is 5.97. The molecule has 4 rings (SSSR count). The number of aliphatic hydroxyl groups is 1. The predicted octanol–water partition coefficient (Wildman–Crippen LogP) is 2.70. The summed E-state index contributed by atoms with van der Waals surface area (Å²) in [5.74, 6) is 0.152. The van der Waals surface area contributed by atoms with Crippen molar-refractivity contribution in [1.82, 2.24) is 20.1 Å². The summed E-state index contributed by atoms with van der Waals surface area (Å²) in [4.78, 5) is 25.7. The molecule has 0 saturated carbocycles. The Hall–Kier alpha value is -1.58. The van der Waals surface area contributed by atoms with Crippen molar-refractivity contribution in [2.75, 3.05) is 50.8 Å². The number of piperazine rings is 1. The zero-order chi connectivity index (χ0) is 26.7. The van der Waals surface area contributed by atoms with Crippen molar-refractivity contribution in [3.63, 3.8) is 0 Å². The number of hydrogen-bond acceptors (Lipinski definition) is 7. The van der Waals surface area contributed by atoms with Crippen molar-refractivity contribution in [3.8, 4) is 0 Å². The molecule has 4 atom stereocenters. The van der Waals surface area contributed by atoms with Crippen LogP contribution in [0.1, 0.15) is 77.8 Å². The van der Waals surface area contributed by atoms with Crippen LogP contribution in [0.4, 0.5) is 5.69 Å². The van der Waals surface area contributed by atoms with Gasteiger partial charge in [-0.2, -0.15) is 0 Å². The number of aromatic nitrogens is 1. The van der Waals surface area contributed by atoms with Crippen molar-refractivity contribution in [3.05, 3.63) is 23.0 Å². The van der Waals surface area contributed by atoms with Gasteiger partial charge in [0, 0.05) is 55.8 Å². The summed E-state index contributed by atoms with van der Waals surface area (Å²) in [5, 5.41) is 13.6. The zero-order valence-corrected chi connectivity index (χ0v) is 23.9. The number of ether oxygens (including phenoxy) is 1. The van der Waals surface area contributed by atoms with Gasteiger partial charge in [0.2, 0.25) is 5.91 Å². The fourth-order valence-electron chi connectivity index (χ4n) is 6.33. The number of nitrogens with zero attached hydrogens (tertiary/aromatic N) is 4. The number of rotatable bonds is 9. The lowest BCUT2D eigenvalue weighted by Gasteiger charge is -2.43. The molecule has 3 aliphatic heterocycles. The SMILES string of the molecule is CCCCc1cc2c(nc1CO)C(C)(C)CN2C(=O)CN1C[C@@H](C)NC[C@@H]1CCN1[C@H](C)COC[C@H]1C. The van der Waals surface area contributed by atoms with Gasteiger partial charge in [0.05, 0.1) is 43.4 Å². The Morgan fingerprint density at radius 2 is 1.97 bits per heavy atom. The first-order valence-electron chi connectivity index (χ1n) is 14.4. The van der Waals surface area contributed by atoms with Gasteiger partial charge in [-0.15, -0.1) is 0 Å². The van der Waals surface area contributed by atoms with E-state index in [1.54, 1.807) is 0 Å². The van der Waals surface area contributed by atoms with Crippen molar-refractivity contribution in [2.24, 2.45) is 0 Å². The molecule has 1 aromatic rings. The molecule has 8 nitrogen and oxygen atoms in total. The monoisotopic (exact) mass is 515 g/mol. The first kappa shape index (κ1) is 28.4. The lowest BCUT2D eigenvalue weighted by molar-refractivity contribution is -0.120. The van der Waals surface area contributed by atoms with Gasteiger partial charge in [0.1, 0.15) is 0 Å². The number of amides is 1. The van der Waals surface area contributed by atoms with Crippen LogP contribution >= 0.6 is 0 Å². The molecule has 0 radical (unpaired) electrons. The Kier molecular flexibility index (Phi) is 9.28. The summed E-state index contributed by atoms with van der Waals surface area (Å²) >= 11 is 0. The van der Waals surface area contributed by atoms with Gasteiger partial charge in [-0.1, -0.05) is 27.2 Å². The lowest BCUT2D eigenvalue weighted by atomic mass is 9.90. The maximum absolute atomic E-state index is 13.9. The summed E-state index contributed by atoms with van der Waals surface area (Å²) in [6.45, 7) is 18.6. The normalized spacial score (nSPS) is 28.5. The molecule has 1 amide bonds. The lowest BCUT2D eigenvalue weighted by Crippen LogP contribution is -2.59. The Morgan fingerprint density at radius 3 is 2.65 bits per heavy atom. The molecule has 2 fully saturated rings. The van der Waals surface area contributed by atoms with E-state index in [4.69, 9.17) is 9.72 Å². The van der Waals surface area contributed by atoms with Crippen LogP contribution in [-0.2, 0) is 28.0 Å². The molecule has 2 saturated heterocycles. The van der Waals surface area contributed by atoms with E-state index in [0.717, 1.165) is 81.2 Å².